The molecule has 5 heteroatoms. The van der Waals surface area contributed by atoms with E-state index in [2.05, 4.69) is 30.7 Å². The van der Waals surface area contributed by atoms with E-state index >= 15 is 0 Å². The van der Waals surface area contributed by atoms with Crippen LogP contribution in [0.5, 0.6) is 0 Å². The molecule has 1 rings (SSSR count). The lowest BCUT2D eigenvalue weighted by Gasteiger charge is -2.22. The van der Waals surface area contributed by atoms with Gasteiger partial charge in [0.15, 0.2) is 5.76 Å². The molecule has 0 amide bonds. The summed E-state index contributed by atoms with van der Waals surface area (Å²) in [6.45, 7) is 7.88. The molecule has 0 saturated heterocycles. The van der Waals surface area contributed by atoms with Crippen molar-refractivity contribution in [1.82, 2.24) is 0 Å². The first-order valence-corrected chi connectivity index (χ1v) is 10.0. The van der Waals surface area contributed by atoms with Gasteiger partial charge in [0, 0.05) is 18.9 Å². The Bertz CT molecular complexity index is 533. The average Bonchev–Trinajstić information content (AvgIpc) is 2.98. The maximum atomic E-state index is 12.2. The number of carbonyl (C=O) groups is 2. The minimum Gasteiger partial charge on any atom is -0.502 e. The number of aliphatic hydroxyl groups excluding tert-OH is 1. The van der Waals surface area contributed by atoms with Crippen LogP contribution in [0.15, 0.2) is 24.0 Å². The fourth-order valence-corrected chi connectivity index (χ4v) is 3.47. The van der Waals surface area contributed by atoms with Crippen LogP contribution in [0.2, 0.25) is 0 Å². The van der Waals surface area contributed by atoms with Crippen LogP contribution in [0.4, 0.5) is 0 Å². The Balaban J connectivity index is 2.41. The SMILES string of the molecule is CCOCC(C)(C)C/C=C/[C@H]1CCC(=O)[C@@H]1CCCC/C=C(\O)C(=O)OC. The van der Waals surface area contributed by atoms with E-state index in [-0.39, 0.29) is 17.1 Å². The number of unbranched alkanes of at least 4 members (excludes halogenated alkanes) is 2. The molecule has 0 aromatic carbocycles. The van der Waals surface area contributed by atoms with Gasteiger partial charge in [-0.05, 0) is 56.4 Å². The molecule has 154 valence electrons. The van der Waals surface area contributed by atoms with Crippen molar-refractivity contribution < 1.29 is 24.2 Å². The zero-order valence-electron chi connectivity index (χ0n) is 17.3. The molecule has 1 saturated carbocycles. The maximum Gasteiger partial charge on any atom is 0.372 e. The smallest absolute Gasteiger partial charge is 0.372 e. The summed E-state index contributed by atoms with van der Waals surface area (Å²) in [5.74, 6) is -0.247. The standard InChI is InChI=1S/C22H36O5/c1-5-27-16-22(2,3)15-9-10-17-13-14-19(23)18(17)11-7-6-8-12-20(24)21(25)26-4/h9-10,12,17-18,24H,5-8,11,13-16H2,1-4H3/b10-9+,20-12-/t17-,18+/m0/s1. The summed E-state index contributed by atoms with van der Waals surface area (Å²) in [6, 6.07) is 0. The van der Waals surface area contributed by atoms with E-state index < -0.39 is 5.97 Å². The fraction of sp³-hybridized carbons (Fsp3) is 0.727. The third-order valence-electron chi connectivity index (χ3n) is 5.11. The molecule has 0 bridgehead atoms. The molecule has 0 aliphatic heterocycles. The van der Waals surface area contributed by atoms with Crippen molar-refractivity contribution in [1.29, 1.82) is 0 Å². The summed E-state index contributed by atoms with van der Waals surface area (Å²) in [7, 11) is 1.24. The van der Waals surface area contributed by atoms with Gasteiger partial charge in [-0.25, -0.2) is 4.79 Å². The first-order valence-electron chi connectivity index (χ1n) is 10.0. The number of ketones is 1. The van der Waals surface area contributed by atoms with Gasteiger partial charge in [-0.3, -0.25) is 4.79 Å². The van der Waals surface area contributed by atoms with E-state index in [1.165, 1.54) is 13.2 Å². The molecule has 0 spiro atoms. The Kier molecular flexibility index (Phi) is 10.4. The number of methoxy groups -OCH3 is 1. The van der Waals surface area contributed by atoms with Crippen LogP contribution in [-0.2, 0) is 19.1 Å². The van der Waals surface area contributed by atoms with Crippen molar-refractivity contribution in [2.75, 3.05) is 20.3 Å². The number of hydrogen-bond acceptors (Lipinski definition) is 5. The van der Waals surface area contributed by atoms with Gasteiger partial charge < -0.3 is 14.6 Å². The second-order valence-corrected chi connectivity index (χ2v) is 8.07. The lowest BCUT2D eigenvalue weighted by Crippen LogP contribution is -2.18. The highest BCUT2D eigenvalue weighted by atomic mass is 16.5. The third-order valence-corrected chi connectivity index (χ3v) is 5.11. The zero-order chi connectivity index (χ0) is 20.3. The Morgan fingerprint density at radius 1 is 1.33 bits per heavy atom. The number of Topliss-reactive ketones (excluding diaryl/α,β-unsaturated/α-hetero) is 1. The Morgan fingerprint density at radius 2 is 2.07 bits per heavy atom. The number of rotatable bonds is 12. The fourth-order valence-electron chi connectivity index (χ4n) is 3.47. The van der Waals surface area contributed by atoms with Gasteiger partial charge in [0.05, 0.1) is 13.7 Å². The average molecular weight is 381 g/mol. The summed E-state index contributed by atoms with van der Waals surface area (Å²) >= 11 is 0. The zero-order valence-corrected chi connectivity index (χ0v) is 17.3. The molecule has 1 fully saturated rings. The minimum atomic E-state index is -0.710. The Hall–Kier alpha value is -1.62. The number of hydrogen-bond donors (Lipinski definition) is 1. The van der Waals surface area contributed by atoms with Gasteiger partial charge in [0.25, 0.3) is 0 Å². The van der Waals surface area contributed by atoms with Gasteiger partial charge in [-0.1, -0.05) is 32.4 Å². The monoisotopic (exact) mass is 380 g/mol. The van der Waals surface area contributed by atoms with Gasteiger partial charge >= 0.3 is 5.97 Å². The molecule has 2 atom stereocenters. The Morgan fingerprint density at radius 3 is 2.74 bits per heavy atom. The van der Waals surface area contributed by atoms with E-state index in [0.717, 1.165) is 45.3 Å². The second-order valence-electron chi connectivity index (χ2n) is 8.07. The molecule has 5 nitrogen and oxygen atoms in total. The van der Waals surface area contributed by atoms with E-state index in [0.29, 0.717) is 24.5 Å². The van der Waals surface area contributed by atoms with Crippen LogP contribution in [0.3, 0.4) is 0 Å². The molecular formula is C22H36O5. The molecular weight excluding hydrogens is 344 g/mol. The maximum absolute atomic E-state index is 12.2. The van der Waals surface area contributed by atoms with Crippen LogP contribution in [-0.4, -0.2) is 37.2 Å². The highest BCUT2D eigenvalue weighted by molar-refractivity contribution is 5.85. The number of esters is 1. The third kappa shape index (κ3) is 8.74. The van der Waals surface area contributed by atoms with Crippen molar-refractivity contribution in [3.8, 4) is 0 Å². The number of carbonyl (C=O) groups excluding carboxylic acids is 2. The van der Waals surface area contributed by atoms with Crippen LogP contribution in [0, 0.1) is 17.3 Å². The predicted octanol–water partition coefficient (Wildman–Crippen LogP) is 4.77. The van der Waals surface area contributed by atoms with E-state index in [4.69, 9.17) is 4.74 Å². The molecule has 27 heavy (non-hydrogen) atoms. The van der Waals surface area contributed by atoms with E-state index in [1.54, 1.807) is 0 Å². The summed E-state index contributed by atoms with van der Waals surface area (Å²) in [4.78, 5) is 23.3. The summed E-state index contributed by atoms with van der Waals surface area (Å²) < 4.78 is 9.98. The van der Waals surface area contributed by atoms with Gasteiger partial charge in [-0.15, -0.1) is 0 Å². The molecule has 1 aliphatic carbocycles. The first-order chi connectivity index (χ1) is 12.8. The summed E-state index contributed by atoms with van der Waals surface area (Å²) in [6.07, 6.45) is 11.7. The van der Waals surface area contributed by atoms with E-state index in [9.17, 15) is 14.7 Å². The molecule has 0 aromatic rings. The highest BCUT2D eigenvalue weighted by Crippen LogP contribution is 2.34. The van der Waals surface area contributed by atoms with Crippen LogP contribution >= 0.6 is 0 Å². The molecule has 0 aromatic heterocycles. The number of aliphatic hydroxyl groups is 1. The first kappa shape index (κ1) is 23.4. The van der Waals surface area contributed by atoms with E-state index in [1.807, 2.05) is 6.92 Å². The second kappa shape index (κ2) is 12.0. The van der Waals surface area contributed by atoms with Gasteiger partial charge in [0.1, 0.15) is 5.78 Å². The number of ether oxygens (including phenoxy) is 2. The Labute approximate surface area is 163 Å². The van der Waals surface area contributed by atoms with Crippen LogP contribution < -0.4 is 0 Å². The van der Waals surface area contributed by atoms with Gasteiger partial charge in [0.2, 0.25) is 0 Å². The summed E-state index contributed by atoms with van der Waals surface area (Å²) in [5.41, 5.74) is 0.110. The topological polar surface area (TPSA) is 72.8 Å². The lowest BCUT2D eigenvalue weighted by molar-refractivity contribution is -0.139. The molecule has 0 unspecified atom stereocenters. The van der Waals surface area contributed by atoms with Crippen molar-refractivity contribution in [3.05, 3.63) is 24.0 Å². The largest absolute Gasteiger partial charge is 0.502 e. The molecule has 0 heterocycles. The quantitative estimate of drug-likeness (QED) is 0.174. The van der Waals surface area contributed by atoms with Crippen molar-refractivity contribution in [2.24, 2.45) is 17.3 Å². The predicted molar refractivity (Wildman–Crippen MR) is 106 cm³/mol. The van der Waals surface area contributed by atoms with Crippen LogP contribution in [0.1, 0.15) is 65.7 Å². The lowest BCUT2D eigenvalue weighted by atomic mass is 9.87. The normalized spacial score (nSPS) is 21.2. The molecule has 0 radical (unpaired) electrons. The summed E-state index contributed by atoms with van der Waals surface area (Å²) in [5, 5.41) is 9.44. The van der Waals surface area contributed by atoms with Crippen molar-refractivity contribution >= 4 is 11.8 Å². The van der Waals surface area contributed by atoms with Crippen molar-refractivity contribution in [2.45, 2.75) is 65.7 Å². The highest BCUT2D eigenvalue weighted by Gasteiger charge is 2.32. The molecule has 1 N–H and O–H groups in total. The van der Waals surface area contributed by atoms with Crippen molar-refractivity contribution in [3.63, 3.8) is 0 Å². The van der Waals surface area contributed by atoms with Crippen LogP contribution in [0.25, 0.3) is 0 Å². The van der Waals surface area contributed by atoms with Gasteiger partial charge in [-0.2, -0.15) is 0 Å². The molecule has 1 aliphatic rings. The minimum absolute atomic E-state index is 0.106. The number of allylic oxidation sites excluding steroid dienone is 3.